The van der Waals surface area contributed by atoms with Gasteiger partial charge in [0.1, 0.15) is 16.8 Å². The summed E-state index contributed by atoms with van der Waals surface area (Å²) in [5, 5.41) is 4.68. The van der Waals surface area contributed by atoms with E-state index in [4.69, 9.17) is 9.15 Å². The van der Waals surface area contributed by atoms with Crippen LogP contribution in [0.2, 0.25) is 0 Å². The molecule has 7 heterocycles. The van der Waals surface area contributed by atoms with Crippen LogP contribution in [0.1, 0.15) is 37.5 Å². The number of para-hydroxylation sites is 2. The lowest BCUT2D eigenvalue weighted by Crippen LogP contribution is -2.70. The zero-order valence-electron chi connectivity index (χ0n) is 24.9. The maximum atomic E-state index is 7.07. The van der Waals surface area contributed by atoms with Crippen molar-refractivity contribution in [3.8, 4) is 17.3 Å². The fourth-order valence-electron chi connectivity index (χ4n) is 8.74. The lowest BCUT2D eigenvalue weighted by Gasteiger charge is -2.43. The van der Waals surface area contributed by atoms with Gasteiger partial charge in [-0.05, 0) is 53.4 Å². The minimum absolute atomic E-state index is 0.00987. The van der Waals surface area contributed by atoms with Gasteiger partial charge >= 0.3 is 0 Å². The van der Waals surface area contributed by atoms with Crippen LogP contribution in [0.3, 0.4) is 0 Å². The summed E-state index contributed by atoms with van der Waals surface area (Å²) >= 11 is 0. The molecule has 0 N–H and O–H groups in total. The van der Waals surface area contributed by atoms with Crippen LogP contribution in [-0.4, -0.2) is 22.7 Å². The van der Waals surface area contributed by atoms with E-state index in [-0.39, 0.29) is 11.6 Å². The van der Waals surface area contributed by atoms with Crippen LogP contribution in [0.25, 0.3) is 49.6 Å². The number of likely N-dealkylation sites (N-methyl/N-ethyl adjacent to an activating group) is 1. The Labute approximate surface area is 253 Å². The monoisotopic (exact) mass is 573 g/mol. The third-order valence-corrected chi connectivity index (χ3v) is 10.6. The van der Waals surface area contributed by atoms with E-state index in [1.165, 1.54) is 38.8 Å². The smallest absolute Gasteiger partial charge is 0.288 e. The molecule has 2 atom stereocenters. The zero-order valence-corrected chi connectivity index (χ0v) is 24.9. The van der Waals surface area contributed by atoms with Crippen molar-refractivity contribution in [2.24, 2.45) is 0 Å². The summed E-state index contributed by atoms with van der Waals surface area (Å²) in [6.45, 7) is 6.88. The fraction of sp³-hybridized carbons (Fsp3) is 0.184. The molecule has 0 bridgehead atoms. The molecule has 1 spiro atoms. The highest BCUT2D eigenvalue weighted by Crippen LogP contribution is 2.64. The Morgan fingerprint density at radius 2 is 1.64 bits per heavy atom. The molecular weight excluding hydrogens is 544 g/mol. The van der Waals surface area contributed by atoms with Gasteiger partial charge in [-0.2, -0.15) is 4.57 Å². The van der Waals surface area contributed by atoms with Crippen molar-refractivity contribution in [2.75, 3.05) is 11.9 Å². The molecule has 0 fully saturated rings. The molecule has 3 aromatic heterocycles. The Bertz CT molecular complexity index is 2510. The molecule has 0 amide bonds. The van der Waals surface area contributed by atoms with E-state index in [2.05, 4.69) is 132 Å². The van der Waals surface area contributed by atoms with E-state index in [0.29, 0.717) is 0 Å². The average Bonchev–Trinajstić information content (AvgIpc) is 3.76. The van der Waals surface area contributed by atoms with Gasteiger partial charge in [-0.1, -0.05) is 51.1 Å². The number of ether oxygens (including phenoxy) is 1. The van der Waals surface area contributed by atoms with Crippen LogP contribution in [-0.2, 0) is 11.0 Å². The summed E-state index contributed by atoms with van der Waals surface area (Å²) in [5.74, 6) is 2.87. The second-order valence-corrected chi connectivity index (χ2v) is 13.8. The van der Waals surface area contributed by atoms with E-state index < -0.39 is 5.54 Å². The van der Waals surface area contributed by atoms with Gasteiger partial charge in [-0.25, -0.2) is 4.57 Å². The molecule has 0 aliphatic carbocycles. The van der Waals surface area contributed by atoms with Crippen molar-refractivity contribution in [2.45, 2.75) is 37.9 Å². The van der Waals surface area contributed by atoms with Crippen LogP contribution in [0.15, 0.2) is 102 Å². The molecule has 44 heavy (non-hydrogen) atoms. The van der Waals surface area contributed by atoms with Crippen LogP contribution < -0.4 is 14.2 Å². The molecule has 4 aliphatic heterocycles. The molecule has 6 heteroatoms. The van der Waals surface area contributed by atoms with E-state index in [9.17, 15) is 0 Å². The minimum Gasteiger partial charge on any atom is -0.452 e. The maximum absolute atomic E-state index is 7.07. The number of anilines is 1. The molecule has 11 rings (SSSR count). The summed E-state index contributed by atoms with van der Waals surface area (Å²) in [7, 11) is 2.20. The Morgan fingerprint density at radius 1 is 0.818 bits per heavy atom. The standard InChI is InChI=1S/C38H29N4O2/c1-37(2,3)21-15-16-41-30(19-21)42-26-11-7-5-9-22(26)24-13-14-29-32(33(24)42)38(41)31-27(40-18-17-39(4)36(38)40)20-25-23-10-6-8-12-28(23)43-34(25)35(31)44-29/h5-20,36H,1-4H3/q+1. The SMILES string of the molecule is CN1C=CN2c3cc4c(oc5ccccc54)c4c3C3(c5c(ccc6c7ccccc7n(c56)-c5cc(C(C)(C)C)cc[n+]53)O4)C12. The summed E-state index contributed by atoms with van der Waals surface area (Å²) in [6.07, 6.45) is 6.74. The molecule has 7 aromatic rings. The number of aromatic nitrogens is 2. The highest BCUT2D eigenvalue weighted by molar-refractivity contribution is 6.14. The summed E-state index contributed by atoms with van der Waals surface area (Å²) in [6, 6.07) is 28.6. The normalized spacial score (nSPS) is 20.6. The van der Waals surface area contributed by atoms with Crippen molar-refractivity contribution in [3.63, 3.8) is 0 Å². The average molecular weight is 574 g/mol. The number of rotatable bonds is 0. The summed E-state index contributed by atoms with van der Waals surface area (Å²) in [4.78, 5) is 4.81. The molecule has 0 radical (unpaired) electrons. The molecule has 0 saturated carbocycles. The molecule has 2 unspecified atom stereocenters. The number of fused-ring (bicyclic) bond motifs is 11. The molecule has 0 saturated heterocycles. The first kappa shape index (κ1) is 23.3. The minimum atomic E-state index is -0.598. The molecule has 212 valence electrons. The number of hydrogen-bond donors (Lipinski definition) is 0. The van der Waals surface area contributed by atoms with Gasteiger partial charge in [0, 0.05) is 47.1 Å². The van der Waals surface area contributed by atoms with E-state index in [1.54, 1.807) is 0 Å². The van der Waals surface area contributed by atoms with Crippen molar-refractivity contribution in [1.82, 2.24) is 9.47 Å². The number of pyridine rings is 1. The number of benzene rings is 4. The first-order valence-corrected chi connectivity index (χ1v) is 15.4. The Kier molecular flexibility index (Phi) is 3.76. The maximum Gasteiger partial charge on any atom is 0.288 e. The fourth-order valence-corrected chi connectivity index (χ4v) is 8.74. The number of furan rings is 1. The molecule has 6 nitrogen and oxygen atoms in total. The topological polar surface area (TPSA) is 37.7 Å². The molecule has 4 aliphatic rings. The van der Waals surface area contributed by atoms with Gasteiger partial charge in [0.05, 0.1) is 23.0 Å². The van der Waals surface area contributed by atoms with Crippen molar-refractivity contribution in [3.05, 3.63) is 114 Å². The van der Waals surface area contributed by atoms with Gasteiger partial charge < -0.3 is 19.0 Å². The van der Waals surface area contributed by atoms with E-state index >= 15 is 0 Å². The van der Waals surface area contributed by atoms with Crippen LogP contribution in [0, 0.1) is 0 Å². The number of hydrogen-bond acceptors (Lipinski definition) is 4. The molecule has 4 aromatic carbocycles. The Balaban J connectivity index is 1.40. The van der Waals surface area contributed by atoms with Crippen molar-refractivity contribution < 1.29 is 13.7 Å². The number of nitrogens with zero attached hydrogens (tertiary/aromatic N) is 4. The summed E-state index contributed by atoms with van der Waals surface area (Å²) in [5.41, 5.74) is 8.34. The van der Waals surface area contributed by atoms with Crippen LogP contribution >= 0.6 is 0 Å². The highest BCUT2D eigenvalue weighted by atomic mass is 16.5. The Morgan fingerprint density at radius 3 is 2.50 bits per heavy atom. The Hall–Kier alpha value is -5.23. The lowest BCUT2D eigenvalue weighted by atomic mass is 9.76. The predicted molar refractivity (Wildman–Crippen MR) is 173 cm³/mol. The van der Waals surface area contributed by atoms with E-state index in [1.807, 2.05) is 12.1 Å². The first-order chi connectivity index (χ1) is 21.4. The summed E-state index contributed by atoms with van der Waals surface area (Å²) < 4.78 is 18.7. The van der Waals surface area contributed by atoms with Gasteiger partial charge in [0.25, 0.3) is 5.82 Å². The second-order valence-electron chi connectivity index (χ2n) is 13.8. The van der Waals surface area contributed by atoms with Gasteiger partial charge in [-0.15, -0.1) is 0 Å². The first-order valence-electron chi connectivity index (χ1n) is 15.4. The van der Waals surface area contributed by atoms with Crippen molar-refractivity contribution in [1.29, 1.82) is 0 Å². The molecular formula is C38H29N4O2+. The highest BCUT2D eigenvalue weighted by Gasteiger charge is 2.68. The predicted octanol–water partition coefficient (Wildman–Crippen LogP) is 8.04. The largest absolute Gasteiger partial charge is 0.452 e. The lowest BCUT2D eigenvalue weighted by molar-refractivity contribution is -0.743. The zero-order chi connectivity index (χ0) is 29.3. The second kappa shape index (κ2) is 7.11. The van der Waals surface area contributed by atoms with Gasteiger partial charge in [-0.3, -0.25) is 0 Å². The van der Waals surface area contributed by atoms with Crippen molar-refractivity contribution >= 4 is 49.4 Å². The van der Waals surface area contributed by atoms with Gasteiger partial charge in [0.2, 0.25) is 5.54 Å². The van der Waals surface area contributed by atoms with E-state index in [0.717, 1.165) is 44.7 Å². The van der Waals surface area contributed by atoms with Gasteiger partial charge in [0.15, 0.2) is 23.0 Å². The van der Waals surface area contributed by atoms with Crippen LogP contribution in [0.5, 0.6) is 11.5 Å². The quantitative estimate of drug-likeness (QED) is 0.172. The third-order valence-electron chi connectivity index (χ3n) is 10.6. The third kappa shape index (κ3) is 2.34. The van der Waals surface area contributed by atoms with Crippen LogP contribution in [0.4, 0.5) is 5.69 Å².